The smallest absolute Gasteiger partial charge is 0.325 e. The first-order valence-corrected chi connectivity index (χ1v) is 6.07. The number of benzene rings is 1. The Morgan fingerprint density at radius 3 is 2.55 bits per heavy atom. The lowest BCUT2D eigenvalue weighted by molar-refractivity contribution is -0.384. The molecule has 0 saturated carbocycles. The summed E-state index contributed by atoms with van der Waals surface area (Å²) >= 11 is 0. The molecule has 0 heterocycles. The minimum Gasteiger partial charge on any atom is -0.491 e. The zero-order valence-electron chi connectivity index (χ0n) is 12.0. The van der Waals surface area contributed by atoms with Gasteiger partial charge in [-0.25, -0.2) is 0 Å². The third-order valence-electron chi connectivity index (χ3n) is 2.49. The topological polar surface area (TPSA) is 81.9 Å². The van der Waals surface area contributed by atoms with E-state index in [1.165, 1.54) is 19.2 Å². The van der Waals surface area contributed by atoms with Crippen LogP contribution in [0, 0.1) is 10.1 Å². The number of nitro groups is 1. The van der Waals surface area contributed by atoms with Crippen LogP contribution in [0.2, 0.25) is 0 Å². The maximum atomic E-state index is 11.2. The van der Waals surface area contributed by atoms with E-state index in [1.807, 2.05) is 13.8 Å². The van der Waals surface area contributed by atoms with Crippen LogP contribution < -0.4 is 9.64 Å². The van der Waals surface area contributed by atoms with Crippen LogP contribution in [0.25, 0.3) is 0 Å². The molecule has 0 unspecified atom stereocenters. The lowest BCUT2D eigenvalue weighted by Gasteiger charge is -2.19. The number of anilines is 1. The molecule has 0 saturated heterocycles. The van der Waals surface area contributed by atoms with E-state index in [-0.39, 0.29) is 18.3 Å². The fourth-order valence-corrected chi connectivity index (χ4v) is 1.58. The molecule has 0 aliphatic rings. The zero-order chi connectivity index (χ0) is 15.3. The summed E-state index contributed by atoms with van der Waals surface area (Å²) in [5.41, 5.74) is 0.426. The number of nitrogens with zero attached hydrogens (tertiary/aromatic N) is 2. The third-order valence-corrected chi connectivity index (χ3v) is 2.49. The van der Waals surface area contributed by atoms with E-state index in [2.05, 4.69) is 4.74 Å². The van der Waals surface area contributed by atoms with Gasteiger partial charge in [-0.3, -0.25) is 14.9 Å². The third kappa shape index (κ3) is 4.42. The van der Waals surface area contributed by atoms with Crippen molar-refractivity contribution in [3.05, 3.63) is 28.3 Å². The van der Waals surface area contributed by atoms with Crippen LogP contribution in [0.1, 0.15) is 13.8 Å². The lowest BCUT2D eigenvalue weighted by atomic mass is 10.2. The highest BCUT2D eigenvalue weighted by Gasteiger charge is 2.15. The van der Waals surface area contributed by atoms with Gasteiger partial charge >= 0.3 is 5.97 Å². The number of methoxy groups -OCH3 is 1. The van der Waals surface area contributed by atoms with Gasteiger partial charge in [0.15, 0.2) is 0 Å². The molecule has 0 aliphatic heterocycles. The molecule has 1 rings (SSSR count). The summed E-state index contributed by atoms with van der Waals surface area (Å²) in [5.74, 6) is -0.0359. The predicted molar refractivity (Wildman–Crippen MR) is 74.1 cm³/mol. The summed E-state index contributed by atoms with van der Waals surface area (Å²) in [5, 5.41) is 10.9. The van der Waals surface area contributed by atoms with E-state index in [4.69, 9.17) is 4.74 Å². The van der Waals surface area contributed by atoms with Crippen LogP contribution in [0.5, 0.6) is 5.75 Å². The summed E-state index contributed by atoms with van der Waals surface area (Å²) in [4.78, 5) is 23.2. The van der Waals surface area contributed by atoms with Crippen molar-refractivity contribution in [3.63, 3.8) is 0 Å². The number of hydrogen-bond donors (Lipinski definition) is 0. The zero-order valence-corrected chi connectivity index (χ0v) is 12.0. The summed E-state index contributed by atoms with van der Waals surface area (Å²) in [7, 11) is 2.94. The summed E-state index contributed by atoms with van der Waals surface area (Å²) in [6.45, 7) is 3.66. The Kier molecular flexibility index (Phi) is 5.31. The molecule has 7 nitrogen and oxygen atoms in total. The van der Waals surface area contributed by atoms with Gasteiger partial charge in [0.2, 0.25) is 0 Å². The van der Waals surface area contributed by atoms with Gasteiger partial charge in [-0.05, 0) is 13.8 Å². The van der Waals surface area contributed by atoms with Crippen LogP contribution in [-0.2, 0) is 9.53 Å². The number of non-ortho nitro benzene ring substituents is 1. The molecule has 110 valence electrons. The number of hydrogen-bond acceptors (Lipinski definition) is 6. The Hall–Kier alpha value is -2.31. The number of carbonyl (C=O) groups excluding carboxylic acids is 1. The van der Waals surface area contributed by atoms with Gasteiger partial charge in [-0.1, -0.05) is 0 Å². The van der Waals surface area contributed by atoms with Crippen LogP contribution >= 0.6 is 0 Å². The molecule has 1 aromatic rings. The lowest BCUT2D eigenvalue weighted by Crippen LogP contribution is -2.26. The molecule has 0 aromatic heterocycles. The standard InChI is InChI=1S/C13H18N2O5/c1-9(2)20-12-6-10(5-11(7-12)15(17)18)14(3)8-13(16)19-4/h5-7,9H,8H2,1-4H3. The van der Waals surface area contributed by atoms with Crippen molar-refractivity contribution in [2.24, 2.45) is 0 Å². The highest BCUT2D eigenvalue weighted by molar-refractivity contribution is 5.76. The van der Waals surface area contributed by atoms with Crippen molar-refractivity contribution in [2.75, 3.05) is 25.6 Å². The van der Waals surface area contributed by atoms with Gasteiger partial charge in [0.05, 0.1) is 24.2 Å². The first-order valence-electron chi connectivity index (χ1n) is 6.07. The number of nitro benzene ring substituents is 1. The number of ether oxygens (including phenoxy) is 2. The second-order valence-corrected chi connectivity index (χ2v) is 4.54. The van der Waals surface area contributed by atoms with Gasteiger partial charge in [0.1, 0.15) is 12.3 Å². The van der Waals surface area contributed by atoms with Crippen molar-refractivity contribution in [2.45, 2.75) is 20.0 Å². The second-order valence-electron chi connectivity index (χ2n) is 4.54. The number of esters is 1. The van der Waals surface area contributed by atoms with Gasteiger partial charge in [-0.15, -0.1) is 0 Å². The molecule has 0 amide bonds. The second kappa shape index (κ2) is 6.74. The molecule has 0 N–H and O–H groups in total. The van der Waals surface area contributed by atoms with E-state index in [9.17, 15) is 14.9 Å². The Morgan fingerprint density at radius 1 is 1.40 bits per heavy atom. The van der Waals surface area contributed by atoms with Crippen molar-refractivity contribution in [3.8, 4) is 5.75 Å². The molecular weight excluding hydrogens is 264 g/mol. The van der Waals surface area contributed by atoms with Gasteiger partial charge in [-0.2, -0.15) is 0 Å². The fourth-order valence-electron chi connectivity index (χ4n) is 1.58. The van der Waals surface area contributed by atoms with Crippen LogP contribution in [0.4, 0.5) is 11.4 Å². The normalized spacial score (nSPS) is 10.2. The first kappa shape index (κ1) is 15.7. The molecule has 1 aromatic carbocycles. The van der Waals surface area contributed by atoms with E-state index in [0.717, 1.165) is 0 Å². The minimum absolute atomic E-state index is 0.00120. The molecule has 0 aliphatic carbocycles. The van der Waals surface area contributed by atoms with E-state index < -0.39 is 10.9 Å². The Balaban J connectivity index is 3.07. The van der Waals surface area contributed by atoms with Crippen molar-refractivity contribution in [1.82, 2.24) is 0 Å². The Labute approximate surface area is 117 Å². The number of carbonyl (C=O) groups is 1. The van der Waals surface area contributed by atoms with Gasteiger partial charge in [0.25, 0.3) is 5.69 Å². The molecule has 0 radical (unpaired) electrons. The van der Waals surface area contributed by atoms with Gasteiger partial charge < -0.3 is 14.4 Å². The highest BCUT2D eigenvalue weighted by Crippen LogP contribution is 2.28. The molecule has 0 spiro atoms. The minimum atomic E-state index is -0.497. The fraction of sp³-hybridized carbons (Fsp3) is 0.462. The van der Waals surface area contributed by atoms with Crippen LogP contribution in [0.3, 0.4) is 0 Å². The Bertz CT molecular complexity index is 502. The maximum Gasteiger partial charge on any atom is 0.325 e. The average molecular weight is 282 g/mol. The van der Waals surface area contributed by atoms with Crippen LogP contribution in [0.15, 0.2) is 18.2 Å². The summed E-state index contributed by atoms with van der Waals surface area (Å²) < 4.78 is 10.0. The number of likely N-dealkylation sites (N-methyl/N-ethyl adjacent to an activating group) is 1. The molecule has 0 atom stereocenters. The van der Waals surface area contributed by atoms with Crippen molar-refractivity contribution < 1.29 is 19.2 Å². The summed E-state index contributed by atoms with van der Waals surface area (Å²) in [6.07, 6.45) is -0.101. The largest absolute Gasteiger partial charge is 0.491 e. The van der Waals surface area contributed by atoms with E-state index >= 15 is 0 Å². The molecule has 0 fully saturated rings. The molecular formula is C13H18N2O5. The monoisotopic (exact) mass is 282 g/mol. The quantitative estimate of drug-likeness (QED) is 0.451. The molecule has 0 bridgehead atoms. The SMILES string of the molecule is COC(=O)CN(C)c1cc(OC(C)C)cc([N+](=O)[O-])c1. The van der Waals surface area contributed by atoms with Crippen molar-refractivity contribution >= 4 is 17.3 Å². The highest BCUT2D eigenvalue weighted by atomic mass is 16.6. The van der Waals surface area contributed by atoms with E-state index in [1.54, 1.807) is 18.0 Å². The van der Waals surface area contributed by atoms with Crippen molar-refractivity contribution in [1.29, 1.82) is 0 Å². The number of rotatable bonds is 6. The van der Waals surface area contributed by atoms with Gasteiger partial charge in [0, 0.05) is 24.9 Å². The Morgan fingerprint density at radius 2 is 2.05 bits per heavy atom. The molecule has 20 heavy (non-hydrogen) atoms. The van der Waals surface area contributed by atoms with E-state index in [0.29, 0.717) is 11.4 Å². The average Bonchev–Trinajstić information content (AvgIpc) is 2.37. The molecule has 7 heteroatoms. The summed E-state index contributed by atoms with van der Waals surface area (Å²) in [6, 6.07) is 4.39. The first-order chi connectivity index (χ1) is 9.33. The predicted octanol–water partition coefficient (Wildman–Crippen LogP) is 1.99. The maximum absolute atomic E-state index is 11.2. The van der Waals surface area contributed by atoms with Crippen LogP contribution in [-0.4, -0.2) is 37.7 Å².